The fourth-order valence-electron chi connectivity index (χ4n) is 3.06. The summed E-state index contributed by atoms with van der Waals surface area (Å²) in [5, 5.41) is 6.74. The fourth-order valence-corrected chi connectivity index (χ4v) is 3.33. The van der Waals surface area contributed by atoms with E-state index in [1.54, 1.807) is 14.0 Å². The minimum Gasteiger partial charge on any atom is -0.496 e. The van der Waals surface area contributed by atoms with Crippen LogP contribution in [-0.4, -0.2) is 24.8 Å². The monoisotopic (exact) mass is 362 g/mol. The lowest BCUT2D eigenvalue weighted by Crippen LogP contribution is -2.45. The second kappa shape index (κ2) is 7.87. The zero-order chi connectivity index (χ0) is 18.7. The minimum atomic E-state index is -0.351. The summed E-state index contributed by atoms with van der Waals surface area (Å²) >= 11 is 5.31. The average Bonchev–Trinajstić information content (AvgIpc) is 2.53. The zero-order valence-electron chi connectivity index (χ0n) is 15.6. The van der Waals surface area contributed by atoms with Crippen LogP contribution in [0.2, 0.25) is 0 Å². The van der Waals surface area contributed by atoms with Crippen LogP contribution in [0, 0.1) is 6.92 Å². The highest BCUT2D eigenvalue weighted by Gasteiger charge is 2.32. The molecule has 2 rings (SSSR count). The number of ether oxygens (including phenoxy) is 2. The molecule has 136 valence electrons. The number of methoxy groups -OCH3 is 1. The summed E-state index contributed by atoms with van der Waals surface area (Å²) in [5.41, 5.74) is 4.39. The van der Waals surface area contributed by atoms with Crippen molar-refractivity contribution in [3.63, 3.8) is 0 Å². The first-order valence-corrected chi connectivity index (χ1v) is 8.84. The number of hydrogen-bond donors (Lipinski definition) is 2. The molecule has 2 N–H and O–H groups in total. The Bertz CT molecular complexity index is 726. The molecule has 1 aliphatic rings. The Hall–Kier alpha value is -2.08. The topological polar surface area (TPSA) is 59.6 Å². The molecule has 0 saturated heterocycles. The van der Waals surface area contributed by atoms with E-state index >= 15 is 0 Å². The number of hydrogen-bond acceptors (Lipinski definition) is 4. The third kappa shape index (κ3) is 3.95. The quantitative estimate of drug-likeness (QED) is 0.618. The van der Waals surface area contributed by atoms with E-state index in [0.717, 1.165) is 22.4 Å². The Morgan fingerprint density at radius 3 is 2.56 bits per heavy atom. The van der Waals surface area contributed by atoms with Crippen LogP contribution in [0.4, 0.5) is 0 Å². The number of rotatable bonds is 5. The van der Waals surface area contributed by atoms with Crippen molar-refractivity contribution in [2.75, 3.05) is 13.7 Å². The molecule has 0 fully saturated rings. The van der Waals surface area contributed by atoms with Gasteiger partial charge in [-0.25, -0.2) is 4.79 Å². The van der Waals surface area contributed by atoms with Crippen LogP contribution < -0.4 is 15.4 Å². The zero-order valence-corrected chi connectivity index (χ0v) is 16.5. The molecule has 0 aliphatic carbocycles. The Kier molecular flexibility index (Phi) is 6.06. The lowest BCUT2D eigenvalue weighted by Gasteiger charge is -2.31. The maximum absolute atomic E-state index is 12.5. The summed E-state index contributed by atoms with van der Waals surface area (Å²) in [6.07, 6.45) is 0. The second-order valence-electron chi connectivity index (χ2n) is 6.40. The number of carbonyl (C=O) groups is 1. The van der Waals surface area contributed by atoms with Gasteiger partial charge in [-0.05, 0) is 67.7 Å². The average molecular weight is 362 g/mol. The molecule has 5 nitrogen and oxygen atoms in total. The minimum absolute atomic E-state index is 0.291. The summed E-state index contributed by atoms with van der Waals surface area (Å²) < 4.78 is 10.8. The van der Waals surface area contributed by atoms with Crippen LogP contribution in [0.5, 0.6) is 5.75 Å². The largest absolute Gasteiger partial charge is 0.496 e. The first-order valence-electron chi connectivity index (χ1n) is 8.43. The van der Waals surface area contributed by atoms with Gasteiger partial charge in [-0.15, -0.1) is 0 Å². The van der Waals surface area contributed by atoms with Crippen molar-refractivity contribution >= 4 is 23.3 Å². The Morgan fingerprint density at radius 2 is 2.00 bits per heavy atom. The highest BCUT2D eigenvalue weighted by Crippen LogP contribution is 2.36. The number of thiocarbonyl (C=S) groups is 1. The Morgan fingerprint density at radius 1 is 1.32 bits per heavy atom. The molecule has 6 heteroatoms. The molecule has 25 heavy (non-hydrogen) atoms. The smallest absolute Gasteiger partial charge is 0.338 e. The van der Waals surface area contributed by atoms with Crippen LogP contribution in [0.25, 0.3) is 0 Å². The van der Waals surface area contributed by atoms with Gasteiger partial charge < -0.3 is 20.1 Å². The molecule has 0 amide bonds. The van der Waals surface area contributed by atoms with Crippen molar-refractivity contribution in [1.29, 1.82) is 0 Å². The Balaban J connectivity index is 2.61. The van der Waals surface area contributed by atoms with Crippen molar-refractivity contribution in [1.82, 2.24) is 10.6 Å². The lowest BCUT2D eigenvalue weighted by atomic mass is 9.88. The predicted octanol–water partition coefficient (Wildman–Crippen LogP) is 3.48. The summed E-state index contributed by atoms with van der Waals surface area (Å²) in [4.78, 5) is 12.5. The van der Waals surface area contributed by atoms with Gasteiger partial charge in [0.1, 0.15) is 5.75 Å². The predicted molar refractivity (Wildman–Crippen MR) is 103 cm³/mol. The van der Waals surface area contributed by atoms with Crippen LogP contribution in [-0.2, 0) is 9.53 Å². The normalized spacial score (nSPS) is 17.2. The lowest BCUT2D eigenvalue weighted by molar-refractivity contribution is -0.139. The van der Waals surface area contributed by atoms with Crippen molar-refractivity contribution in [3.8, 4) is 5.75 Å². The summed E-state index contributed by atoms with van der Waals surface area (Å²) in [7, 11) is 1.67. The fraction of sp³-hybridized carbons (Fsp3) is 0.474. The summed E-state index contributed by atoms with van der Waals surface area (Å²) in [5.74, 6) is 0.805. The van der Waals surface area contributed by atoms with E-state index in [9.17, 15) is 4.79 Å². The number of carbonyl (C=O) groups excluding carboxylic acids is 1. The number of esters is 1. The van der Waals surface area contributed by atoms with Gasteiger partial charge in [0.25, 0.3) is 0 Å². The maximum Gasteiger partial charge on any atom is 0.338 e. The van der Waals surface area contributed by atoms with Gasteiger partial charge in [0, 0.05) is 5.70 Å². The Labute approximate surface area is 154 Å². The molecule has 1 aliphatic heterocycles. The first kappa shape index (κ1) is 19.2. The van der Waals surface area contributed by atoms with Gasteiger partial charge in [-0.3, -0.25) is 0 Å². The van der Waals surface area contributed by atoms with E-state index in [2.05, 4.69) is 30.5 Å². The highest BCUT2D eigenvalue weighted by molar-refractivity contribution is 7.80. The van der Waals surface area contributed by atoms with Crippen LogP contribution in [0.3, 0.4) is 0 Å². The molecule has 1 aromatic rings. The summed E-state index contributed by atoms with van der Waals surface area (Å²) in [6, 6.07) is 3.75. The molecule has 1 unspecified atom stereocenters. The molecule has 1 aromatic carbocycles. The first-order chi connectivity index (χ1) is 11.8. The third-order valence-corrected chi connectivity index (χ3v) is 4.54. The van der Waals surface area contributed by atoms with Crippen LogP contribution in [0.1, 0.15) is 56.3 Å². The van der Waals surface area contributed by atoms with E-state index in [-0.39, 0.29) is 12.0 Å². The summed E-state index contributed by atoms with van der Waals surface area (Å²) in [6.45, 7) is 10.2. The van der Waals surface area contributed by atoms with Gasteiger partial charge in [0.2, 0.25) is 0 Å². The van der Waals surface area contributed by atoms with E-state index in [1.807, 2.05) is 19.9 Å². The number of nitrogens with one attached hydrogen (secondary N) is 2. The molecular weight excluding hydrogens is 336 g/mol. The molecule has 0 aromatic heterocycles. The van der Waals surface area contributed by atoms with E-state index in [1.165, 1.54) is 0 Å². The van der Waals surface area contributed by atoms with Crippen LogP contribution in [0.15, 0.2) is 23.4 Å². The van der Waals surface area contributed by atoms with Gasteiger partial charge >= 0.3 is 5.97 Å². The van der Waals surface area contributed by atoms with Crippen LogP contribution >= 0.6 is 12.2 Å². The van der Waals surface area contributed by atoms with Gasteiger partial charge in [-0.2, -0.15) is 0 Å². The third-order valence-electron chi connectivity index (χ3n) is 4.32. The van der Waals surface area contributed by atoms with Gasteiger partial charge in [-0.1, -0.05) is 13.8 Å². The number of benzene rings is 1. The van der Waals surface area contributed by atoms with Crippen molar-refractivity contribution in [2.24, 2.45) is 0 Å². The standard InChI is InChI=1S/C19H26N2O3S/c1-7-24-18(22)16-12(5)20-19(25)21-17(16)14-9-13(10(2)3)15(23-6)8-11(14)4/h8-10,17H,7H2,1-6H3,(H2,20,21,25). The molecule has 0 saturated carbocycles. The second-order valence-corrected chi connectivity index (χ2v) is 6.80. The van der Waals surface area contributed by atoms with Crippen molar-refractivity contribution < 1.29 is 14.3 Å². The van der Waals surface area contributed by atoms with Crippen molar-refractivity contribution in [3.05, 3.63) is 40.1 Å². The number of aryl methyl sites for hydroxylation is 1. The van der Waals surface area contributed by atoms with Gasteiger partial charge in [0.15, 0.2) is 5.11 Å². The van der Waals surface area contributed by atoms with E-state index in [4.69, 9.17) is 21.7 Å². The molecule has 1 heterocycles. The van der Waals surface area contributed by atoms with E-state index < -0.39 is 0 Å². The van der Waals surface area contributed by atoms with Crippen molar-refractivity contribution in [2.45, 2.75) is 46.6 Å². The molecule has 0 radical (unpaired) electrons. The SMILES string of the molecule is CCOC(=O)C1=C(C)NC(=S)NC1c1cc(C(C)C)c(OC)cc1C. The molecular formula is C19H26N2O3S. The molecule has 0 bridgehead atoms. The number of allylic oxidation sites excluding steroid dienone is 1. The van der Waals surface area contributed by atoms with Gasteiger partial charge in [0.05, 0.1) is 25.3 Å². The maximum atomic E-state index is 12.5. The molecule has 1 atom stereocenters. The molecule has 0 spiro atoms. The highest BCUT2D eigenvalue weighted by atomic mass is 32.1. The van der Waals surface area contributed by atoms with E-state index in [0.29, 0.717) is 28.9 Å².